The summed E-state index contributed by atoms with van der Waals surface area (Å²) in [7, 11) is 0. The second-order valence-electron chi connectivity index (χ2n) is 4.57. The van der Waals surface area contributed by atoms with Gasteiger partial charge < -0.3 is 15.6 Å². The van der Waals surface area contributed by atoms with Crippen LogP contribution in [0.1, 0.15) is 42.9 Å². The van der Waals surface area contributed by atoms with Gasteiger partial charge in [0.05, 0.1) is 5.56 Å². The first-order valence-electron chi connectivity index (χ1n) is 5.06. The molecule has 1 unspecified atom stereocenters. The number of ether oxygens (including phenoxy) is 1. The minimum Gasteiger partial charge on any atom is -0.456 e. The van der Waals surface area contributed by atoms with E-state index >= 15 is 0 Å². The number of benzene rings is 1. The number of nitrogens with two attached hydrogens (primary N) is 1. The Bertz CT molecular complexity index is 363. The number of rotatable bonds is 2. The smallest absolute Gasteiger partial charge is 0.338 e. The lowest BCUT2D eigenvalue weighted by Gasteiger charge is -2.19. The largest absolute Gasteiger partial charge is 0.456 e. The van der Waals surface area contributed by atoms with Gasteiger partial charge in [0.25, 0.3) is 0 Å². The van der Waals surface area contributed by atoms with E-state index in [9.17, 15) is 4.79 Å². The third-order valence-electron chi connectivity index (χ3n) is 1.89. The molecule has 0 saturated carbocycles. The van der Waals surface area contributed by atoms with Crippen molar-refractivity contribution in [2.45, 2.75) is 32.6 Å². The van der Waals surface area contributed by atoms with Crippen LogP contribution in [0.3, 0.4) is 0 Å². The highest BCUT2D eigenvalue weighted by Crippen LogP contribution is 2.14. The molecule has 88 valence electrons. The van der Waals surface area contributed by atoms with Crippen molar-refractivity contribution in [3.05, 3.63) is 35.4 Å². The summed E-state index contributed by atoms with van der Waals surface area (Å²) in [6.45, 7) is 5.43. The predicted molar refractivity (Wildman–Crippen MR) is 60.8 cm³/mol. The van der Waals surface area contributed by atoms with Crippen LogP contribution in [0, 0.1) is 0 Å². The number of aliphatic hydroxyl groups is 1. The zero-order valence-corrected chi connectivity index (χ0v) is 9.73. The lowest BCUT2D eigenvalue weighted by Crippen LogP contribution is -2.23. The van der Waals surface area contributed by atoms with E-state index in [2.05, 4.69) is 0 Å². The molecule has 3 N–H and O–H groups in total. The van der Waals surface area contributed by atoms with E-state index in [1.54, 1.807) is 24.3 Å². The summed E-state index contributed by atoms with van der Waals surface area (Å²) in [5.41, 5.74) is 5.78. The molecule has 1 aromatic carbocycles. The van der Waals surface area contributed by atoms with Crippen LogP contribution in [-0.4, -0.2) is 16.7 Å². The van der Waals surface area contributed by atoms with E-state index in [-0.39, 0.29) is 5.97 Å². The highest BCUT2D eigenvalue weighted by molar-refractivity contribution is 5.89. The van der Waals surface area contributed by atoms with E-state index in [1.165, 1.54) is 0 Å². The molecule has 0 spiro atoms. The zero-order valence-electron chi connectivity index (χ0n) is 9.73. The van der Waals surface area contributed by atoms with Gasteiger partial charge in [0.15, 0.2) is 0 Å². The van der Waals surface area contributed by atoms with Crippen LogP contribution >= 0.6 is 0 Å². The maximum Gasteiger partial charge on any atom is 0.338 e. The molecule has 0 aliphatic heterocycles. The molecule has 1 atom stereocenters. The van der Waals surface area contributed by atoms with E-state index < -0.39 is 11.8 Å². The molecule has 0 saturated heterocycles. The van der Waals surface area contributed by atoms with Crippen LogP contribution in [0.4, 0.5) is 0 Å². The summed E-state index contributed by atoms with van der Waals surface area (Å²) >= 11 is 0. The van der Waals surface area contributed by atoms with Crippen LogP contribution in [-0.2, 0) is 4.74 Å². The first-order chi connectivity index (χ1) is 7.29. The normalized spacial score (nSPS) is 13.3. The molecule has 16 heavy (non-hydrogen) atoms. The van der Waals surface area contributed by atoms with Crippen molar-refractivity contribution < 1.29 is 14.6 Å². The van der Waals surface area contributed by atoms with Crippen LogP contribution in [0.15, 0.2) is 24.3 Å². The third kappa shape index (κ3) is 3.64. The van der Waals surface area contributed by atoms with Gasteiger partial charge >= 0.3 is 5.97 Å². The molecule has 0 heterocycles. The van der Waals surface area contributed by atoms with Crippen molar-refractivity contribution in [3.63, 3.8) is 0 Å². The monoisotopic (exact) mass is 223 g/mol. The Balaban J connectivity index is 2.78. The Morgan fingerprint density at radius 1 is 1.31 bits per heavy atom. The van der Waals surface area contributed by atoms with Crippen molar-refractivity contribution in [1.29, 1.82) is 0 Å². The van der Waals surface area contributed by atoms with Gasteiger partial charge in [-0.25, -0.2) is 4.79 Å². The molecule has 0 amide bonds. The molecule has 0 radical (unpaired) electrons. The minimum absolute atomic E-state index is 0.384. The third-order valence-corrected chi connectivity index (χ3v) is 1.89. The molecule has 0 aromatic heterocycles. The maximum atomic E-state index is 11.6. The summed E-state index contributed by atoms with van der Waals surface area (Å²) in [5, 5.41) is 9.10. The first-order valence-corrected chi connectivity index (χ1v) is 5.06. The van der Waals surface area contributed by atoms with Gasteiger partial charge in [-0.2, -0.15) is 0 Å². The Kier molecular flexibility index (Phi) is 3.67. The first kappa shape index (κ1) is 12.7. The molecule has 1 aromatic rings. The van der Waals surface area contributed by atoms with E-state index in [1.807, 2.05) is 20.8 Å². The van der Waals surface area contributed by atoms with Gasteiger partial charge in [0, 0.05) is 0 Å². The molecule has 4 nitrogen and oxygen atoms in total. The average Bonchev–Trinajstić information content (AvgIpc) is 2.15. The number of aliphatic hydroxyl groups excluding tert-OH is 1. The Hall–Kier alpha value is -1.39. The molecule has 1 rings (SSSR count). The van der Waals surface area contributed by atoms with Crippen molar-refractivity contribution in [2.24, 2.45) is 5.73 Å². The number of hydrogen-bond donors (Lipinski definition) is 2. The second kappa shape index (κ2) is 4.63. The van der Waals surface area contributed by atoms with Crippen LogP contribution in [0.5, 0.6) is 0 Å². The molecule has 0 aliphatic rings. The Labute approximate surface area is 95.0 Å². The highest BCUT2D eigenvalue weighted by Gasteiger charge is 2.17. The lowest BCUT2D eigenvalue weighted by molar-refractivity contribution is 0.00694. The number of hydrogen-bond acceptors (Lipinski definition) is 4. The van der Waals surface area contributed by atoms with Gasteiger partial charge in [-0.1, -0.05) is 12.1 Å². The molecule has 0 fully saturated rings. The summed E-state index contributed by atoms with van der Waals surface area (Å²) < 4.78 is 5.19. The van der Waals surface area contributed by atoms with Crippen molar-refractivity contribution in [1.82, 2.24) is 0 Å². The Morgan fingerprint density at radius 2 is 1.81 bits per heavy atom. The van der Waals surface area contributed by atoms with Crippen molar-refractivity contribution >= 4 is 5.97 Å². The lowest BCUT2D eigenvalue weighted by atomic mass is 10.1. The van der Waals surface area contributed by atoms with Crippen LogP contribution < -0.4 is 5.73 Å². The van der Waals surface area contributed by atoms with Gasteiger partial charge in [-0.3, -0.25) is 0 Å². The highest BCUT2D eigenvalue weighted by atomic mass is 16.6. The van der Waals surface area contributed by atoms with E-state index in [0.717, 1.165) is 0 Å². The quantitative estimate of drug-likeness (QED) is 0.590. The summed E-state index contributed by atoms with van der Waals surface area (Å²) in [6.07, 6.45) is -1.02. The topological polar surface area (TPSA) is 72.5 Å². The molecule has 0 aliphatic carbocycles. The SMILES string of the molecule is CC(C)(C)OC(=O)c1ccc(C(N)O)cc1. The molecular formula is C12H17NO3. The predicted octanol–water partition coefficient (Wildman–Crippen LogP) is 1.59. The Morgan fingerprint density at radius 3 is 2.19 bits per heavy atom. The second-order valence-corrected chi connectivity index (χ2v) is 4.57. The zero-order chi connectivity index (χ0) is 12.3. The number of carbonyl (C=O) groups is 1. The van der Waals surface area contributed by atoms with Crippen molar-refractivity contribution in [3.8, 4) is 0 Å². The van der Waals surface area contributed by atoms with Gasteiger partial charge in [0.1, 0.15) is 11.8 Å². The molecule has 4 heteroatoms. The van der Waals surface area contributed by atoms with Crippen LogP contribution in [0.25, 0.3) is 0 Å². The molecular weight excluding hydrogens is 206 g/mol. The average molecular weight is 223 g/mol. The van der Waals surface area contributed by atoms with E-state index in [0.29, 0.717) is 11.1 Å². The standard InChI is InChI=1S/C12H17NO3/c1-12(2,3)16-11(15)9-6-4-8(5-7-9)10(13)14/h4-7,10,14H,13H2,1-3H3. The summed E-state index contributed by atoms with van der Waals surface area (Å²) in [6, 6.07) is 6.37. The minimum atomic E-state index is -1.02. The fraction of sp³-hybridized carbons (Fsp3) is 0.417. The van der Waals surface area contributed by atoms with Gasteiger partial charge in [0.2, 0.25) is 0 Å². The fourth-order valence-electron chi connectivity index (χ4n) is 1.15. The van der Waals surface area contributed by atoms with Gasteiger partial charge in [-0.15, -0.1) is 0 Å². The number of esters is 1. The van der Waals surface area contributed by atoms with E-state index in [4.69, 9.17) is 15.6 Å². The van der Waals surface area contributed by atoms with Crippen LogP contribution in [0.2, 0.25) is 0 Å². The summed E-state index contributed by atoms with van der Waals surface area (Å²) in [5.74, 6) is -0.384. The summed E-state index contributed by atoms with van der Waals surface area (Å²) in [4.78, 5) is 11.6. The fourth-order valence-corrected chi connectivity index (χ4v) is 1.15. The molecule has 0 bridgehead atoms. The van der Waals surface area contributed by atoms with Gasteiger partial charge in [-0.05, 0) is 38.5 Å². The number of carbonyl (C=O) groups excluding carboxylic acids is 1. The van der Waals surface area contributed by atoms with Crippen molar-refractivity contribution in [2.75, 3.05) is 0 Å². The maximum absolute atomic E-state index is 11.6.